The molecule has 1 aromatic rings. The molecular weight excluding hydrogens is 254 g/mol. The van der Waals surface area contributed by atoms with Gasteiger partial charge >= 0.3 is 0 Å². The number of methoxy groups -OCH3 is 1. The number of hydrogen-bond donors (Lipinski definition) is 2. The Labute approximate surface area is 109 Å². The molecule has 0 atom stereocenters. The summed E-state index contributed by atoms with van der Waals surface area (Å²) >= 11 is 0. The average Bonchev–Trinajstić information content (AvgIpc) is 2.77. The van der Waals surface area contributed by atoms with Gasteiger partial charge in [0, 0.05) is 17.8 Å². The number of halogens is 2. The Morgan fingerprint density at radius 1 is 1.32 bits per heavy atom. The van der Waals surface area contributed by atoms with Crippen LogP contribution in [0.25, 0.3) is 0 Å². The second kappa shape index (κ2) is 5.13. The zero-order valence-electron chi connectivity index (χ0n) is 10.6. The van der Waals surface area contributed by atoms with Gasteiger partial charge in [0.25, 0.3) is 0 Å². The van der Waals surface area contributed by atoms with E-state index < -0.39 is 28.8 Å². The number of nitrogens with one attached hydrogen (secondary N) is 1. The van der Waals surface area contributed by atoms with Crippen molar-refractivity contribution in [3.8, 4) is 5.75 Å². The number of benzene rings is 1. The van der Waals surface area contributed by atoms with Crippen LogP contribution in [0.5, 0.6) is 5.75 Å². The van der Waals surface area contributed by atoms with E-state index in [0.29, 0.717) is 12.8 Å². The molecule has 0 heterocycles. The summed E-state index contributed by atoms with van der Waals surface area (Å²) in [5.74, 6) is -2.61. The monoisotopic (exact) mass is 270 g/mol. The fraction of sp³-hybridized carbons (Fsp3) is 0.462. The van der Waals surface area contributed by atoms with Crippen LogP contribution in [-0.2, 0) is 4.79 Å². The van der Waals surface area contributed by atoms with Crippen LogP contribution in [0.3, 0.4) is 0 Å². The molecule has 1 fully saturated rings. The Kier molecular flexibility index (Phi) is 3.71. The molecule has 4 nitrogen and oxygen atoms in total. The molecule has 1 aliphatic carbocycles. The molecule has 1 aromatic carbocycles. The Morgan fingerprint density at radius 2 is 1.84 bits per heavy atom. The standard InChI is InChI=1S/C13H16F2N2O2/c1-19-11-9(14)6-8(7-10(11)15)17-12(18)13(16)4-2-3-5-13/h6-7H,2-5,16H2,1H3,(H,17,18). The van der Waals surface area contributed by atoms with Gasteiger partial charge in [0.1, 0.15) is 0 Å². The number of anilines is 1. The number of rotatable bonds is 3. The van der Waals surface area contributed by atoms with Crippen molar-refractivity contribution in [3.05, 3.63) is 23.8 Å². The lowest BCUT2D eigenvalue weighted by Crippen LogP contribution is -2.48. The summed E-state index contributed by atoms with van der Waals surface area (Å²) in [6.45, 7) is 0. The molecular formula is C13H16F2N2O2. The number of amides is 1. The molecule has 0 aliphatic heterocycles. The van der Waals surface area contributed by atoms with Gasteiger partial charge in [0.15, 0.2) is 17.4 Å². The summed E-state index contributed by atoms with van der Waals surface area (Å²) < 4.78 is 31.5. The first-order valence-electron chi connectivity index (χ1n) is 6.09. The van der Waals surface area contributed by atoms with E-state index in [1.807, 2.05) is 0 Å². The van der Waals surface area contributed by atoms with Gasteiger partial charge in [-0.25, -0.2) is 8.78 Å². The number of hydrogen-bond acceptors (Lipinski definition) is 3. The van der Waals surface area contributed by atoms with E-state index >= 15 is 0 Å². The SMILES string of the molecule is COc1c(F)cc(NC(=O)C2(N)CCCC2)cc1F. The lowest BCUT2D eigenvalue weighted by molar-refractivity contribution is -0.121. The third-order valence-electron chi connectivity index (χ3n) is 3.41. The van der Waals surface area contributed by atoms with Crippen molar-refractivity contribution in [1.29, 1.82) is 0 Å². The van der Waals surface area contributed by atoms with Crippen molar-refractivity contribution in [2.75, 3.05) is 12.4 Å². The van der Waals surface area contributed by atoms with Gasteiger partial charge in [-0.15, -0.1) is 0 Å². The predicted octanol–water partition coefficient (Wildman–Crippen LogP) is 2.18. The minimum absolute atomic E-state index is 0.0394. The molecule has 2 rings (SSSR count). The van der Waals surface area contributed by atoms with Crippen molar-refractivity contribution in [2.45, 2.75) is 31.2 Å². The molecule has 0 radical (unpaired) electrons. The van der Waals surface area contributed by atoms with Gasteiger partial charge in [-0.1, -0.05) is 12.8 Å². The van der Waals surface area contributed by atoms with Crippen molar-refractivity contribution in [2.24, 2.45) is 5.73 Å². The Hall–Kier alpha value is -1.69. The van der Waals surface area contributed by atoms with E-state index in [-0.39, 0.29) is 5.69 Å². The lowest BCUT2D eigenvalue weighted by atomic mass is 9.98. The van der Waals surface area contributed by atoms with Crippen molar-refractivity contribution < 1.29 is 18.3 Å². The van der Waals surface area contributed by atoms with Crippen LogP contribution in [0.1, 0.15) is 25.7 Å². The molecule has 3 N–H and O–H groups in total. The average molecular weight is 270 g/mol. The maximum absolute atomic E-state index is 13.5. The highest BCUT2D eigenvalue weighted by Gasteiger charge is 2.37. The smallest absolute Gasteiger partial charge is 0.244 e. The Bertz CT molecular complexity index is 476. The minimum atomic E-state index is -0.938. The Balaban J connectivity index is 2.18. The van der Waals surface area contributed by atoms with Crippen LogP contribution in [0.2, 0.25) is 0 Å². The van der Waals surface area contributed by atoms with E-state index in [2.05, 4.69) is 10.1 Å². The molecule has 0 unspecified atom stereocenters. The highest BCUT2D eigenvalue weighted by Crippen LogP contribution is 2.30. The number of nitrogens with two attached hydrogens (primary N) is 1. The summed E-state index contributed by atoms with van der Waals surface area (Å²) in [5.41, 5.74) is 5.06. The fourth-order valence-corrected chi connectivity index (χ4v) is 2.32. The summed E-state index contributed by atoms with van der Waals surface area (Å²) in [4.78, 5) is 12.0. The number of carbonyl (C=O) groups is 1. The molecule has 1 saturated carbocycles. The normalized spacial score (nSPS) is 17.3. The fourth-order valence-electron chi connectivity index (χ4n) is 2.32. The van der Waals surface area contributed by atoms with Crippen LogP contribution < -0.4 is 15.8 Å². The highest BCUT2D eigenvalue weighted by atomic mass is 19.1. The molecule has 1 aliphatic rings. The van der Waals surface area contributed by atoms with Crippen molar-refractivity contribution in [1.82, 2.24) is 0 Å². The van der Waals surface area contributed by atoms with Crippen LogP contribution in [0.15, 0.2) is 12.1 Å². The third-order valence-corrected chi connectivity index (χ3v) is 3.41. The quantitative estimate of drug-likeness (QED) is 0.884. The van der Waals surface area contributed by atoms with E-state index in [4.69, 9.17) is 5.73 Å². The molecule has 0 spiro atoms. The van der Waals surface area contributed by atoms with E-state index in [1.165, 1.54) is 7.11 Å². The lowest BCUT2D eigenvalue weighted by Gasteiger charge is -2.22. The molecule has 0 saturated heterocycles. The van der Waals surface area contributed by atoms with Gasteiger partial charge in [-0.2, -0.15) is 0 Å². The summed E-state index contributed by atoms with van der Waals surface area (Å²) in [5, 5.41) is 2.46. The molecule has 104 valence electrons. The first-order valence-corrected chi connectivity index (χ1v) is 6.09. The number of ether oxygens (including phenoxy) is 1. The first-order chi connectivity index (χ1) is 8.96. The Morgan fingerprint density at radius 3 is 2.32 bits per heavy atom. The maximum atomic E-state index is 13.5. The third kappa shape index (κ3) is 2.68. The van der Waals surface area contributed by atoms with Gasteiger partial charge < -0.3 is 15.8 Å². The van der Waals surface area contributed by atoms with Crippen LogP contribution >= 0.6 is 0 Å². The summed E-state index contributed by atoms with van der Waals surface area (Å²) in [6.07, 6.45) is 2.93. The van der Waals surface area contributed by atoms with Crippen molar-refractivity contribution >= 4 is 11.6 Å². The van der Waals surface area contributed by atoms with E-state index in [9.17, 15) is 13.6 Å². The van der Waals surface area contributed by atoms with Crippen LogP contribution in [0.4, 0.5) is 14.5 Å². The number of carbonyl (C=O) groups excluding carboxylic acids is 1. The molecule has 6 heteroatoms. The summed E-state index contributed by atoms with van der Waals surface area (Å²) in [7, 11) is 1.17. The van der Waals surface area contributed by atoms with Crippen molar-refractivity contribution in [3.63, 3.8) is 0 Å². The minimum Gasteiger partial charge on any atom is -0.491 e. The second-order valence-electron chi connectivity index (χ2n) is 4.79. The van der Waals surface area contributed by atoms with E-state index in [0.717, 1.165) is 25.0 Å². The predicted molar refractivity (Wildman–Crippen MR) is 66.9 cm³/mol. The van der Waals surface area contributed by atoms with Crippen LogP contribution in [-0.4, -0.2) is 18.6 Å². The van der Waals surface area contributed by atoms with Gasteiger partial charge in [0.05, 0.1) is 12.6 Å². The topological polar surface area (TPSA) is 64.3 Å². The highest BCUT2D eigenvalue weighted by molar-refractivity contribution is 5.98. The zero-order chi connectivity index (χ0) is 14.0. The van der Waals surface area contributed by atoms with Gasteiger partial charge in [0.2, 0.25) is 5.91 Å². The molecule has 19 heavy (non-hydrogen) atoms. The molecule has 1 amide bonds. The van der Waals surface area contributed by atoms with Gasteiger partial charge in [-0.3, -0.25) is 4.79 Å². The maximum Gasteiger partial charge on any atom is 0.244 e. The van der Waals surface area contributed by atoms with Gasteiger partial charge in [-0.05, 0) is 12.8 Å². The first kappa shape index (κ1) is 13.7. The molecule has 0 bridgehead atoms. The second-order valence-corrected chi connectivity index (χ2v) is 4.79. The van der Waals surface area contributed by atoms with Crippen LogP contribution in [0, 0.1) is 11.6 Å². The largest absolute Gasteiger partial charge is 0.491 e. The summed E-state index contributed by atoms with van der Waals surface area (Å²) in [6, 6.07) is 2.02. The zero-order valence-corrected chi connectivity index (χ0v) is 10.6. The molecule has 0 aromatic heterocycles. The van der Waals surface area contributed by atoms with E-state index in [1.54, 1.807) is 0 Å².